The summed E-state index contributed by atoms with van der Waals surface area (Å²) in [5.41, 5.74) is 1.10. The van der Waals surface area contributed by atoms with Crippen LogP contribution < -0.4 is 5.32 Å². The van der Waals surface area contributed by atoms with Crippen LogP contribution in [0.3, 0.4) is 0 Å². The first-order valence-electron chi connectivity index (χ1n) is 6.89. The normalized spacial score (nSPS) is 24.1. The van der Waals surface area contributed by atoms with Gasteiger partial charge >= 0.3 is 0 Å². The second-order valence-electron chi connectivity index (χ2n) is 5.29. The van der Waals surface area contributed by atoms with Crippen molar-refractivity contribution in [3.63, 3.8) is 0 Å². The summed E-state index contributed by atoms with van der Waals surface area (Å²) in [7, 11) is 0. The van der Waals surface area contributed by atoms with Crippen molar-refractivity contribution in [2.24, 2.45) is 11.8 Å². The molecular weight excluding hydrogens is 226 g/mol. The van der Waals surface area contributed by atoms with Crippen molar-refractivity contribution in [3.05, 3.63) is 29.8 Å². The van der Waals surface area contributed by atoms with Crippen LogP contribution in [0, 0.1) is 11.8 Å². The minimum atomic E-state index is 0.318. The Balaban J connectivity index is 1.77. The van der Waals surface area contributed by atoms with Crippen molar-refractivity contribution in [2.75, 3.05) is 13.2 Å². The number of rotatable bonds is 5. The van der Waals surface area contributed by atoms with E-state index in [1.807, 2.05) is 12.1 Å². The second kappa shape index (κ2) is 6.76. The van der Waals surface area contributed by atoms with Crippen LogP contribution in [0.5, 0.6) is 5.75 Å². The van der Waals surface area contributed by atoms with Gasteiger partial charge in [0.1, 0.15) is 5.75 Å². The molecule has 0 aliphatic heterocycles. The standard InChI is InChI=1S/C15H23NO2/c17-11-14-6-2-1-5-13(14)10-16-9-12-4-3-7-15(18)8-12/h3-4,7-8,13-14,16-18H,1-2,5-6,9-11H2. The van der Waals surface area contributed by atoms with Gasteiger partial charge in [-0.3, -0.25) is 0 Å². The Morgan fingerprint density at radius 1 is 1.17 bits per heavy atom. The van der Waals surface area contributed by atoms with Gasteiger partial charge in [0.2, 0.25) is 0 Å². The van der Waals surface area contributed by atoms with Gasteiger partial charge in [-0.05, 0) is 48.9 Å². The van der Waals surface area contributed by atoms with Gasteiger partial charge < -0.3 is 15.5 Å². The molecular formula is C15H23NO2. The number of aliphatic hydroxyl groups is 1. The monoisotopic (exact) mass is 249 g/mol. The molecule has 0 heterocycles. The van der Waals surface area contributed by atoms with Crippen molar-refractivity contribution < 1.29 is 10.2 Å². The zero-order valence-electron chi connectivity index (χ0n) is 10.8. The van der Waals surface area contributed by atoms with Crippen LogP contribution in [0.1, 0.15) is 31.2 Å². The Morgan fingerprint density at radius 2 is 1.94 bits per heavy atom. The number of hydrogen-bond acceptors (Lipinski definition) is 3. The third kappa shape index (κ3) is 3.72. The zero-order valence-corrected chi connectivity index (χ0v) is 10.8. The summed E-state index contributed by atoms with van der Waals surface area (Å²) in [5.74, 6) is 1.39. The van der Waals surface area contributed by atoms with E-state index < -0.39 is 0 Å². The minimum absolute atomic E-state index is 0.318. The third-order valence-corrected chi connectivity index (χ3v) is 3.95. The lowest BCUT2D eigenvalue weighted by Gasteiger charge is -2.30. The van der Waals surface area contributed by atoms with Gasteiger partial charge in [0.15, 0.2) is 0 Å². The van der Waals surface area contributed by atoms with Crippen LogP contribution in [0.4, 0.5) is 0 Å². The van der Waals surface area contributed by atoms with E-state index in [1.165, 1.54) is 19.3 Å². The minimum Gasteiger partial charge on any atom is -0.508 e. The summed E-state index contributed by atoms with van der Waals surface area (Å²) in [6.45, 7) is 2.06. The number of aliphatic hydroxyl groups excluding tert-OH is 1. The molecule has 3 nitrogen and oxygen atoms in total. The van der Waals surface area contributed by atoms with Crippen LogP contribution in [-0.2, 0) is 6.54 Å². The average Bonchev–Trinajstić information content (AvgIpc) is 2.39. The molecule has 2 atom stereocenters. The topological polar surface area (TPSA) is 52.5 Å². The Bertz CT molecular complexity index is 367. The molecule has 0 saturated heterocycles. The number of aromatic hydroxyl groups is 1. The maximum atomic E-state index is 9.38. The maximum absolute atomic E-state index is 9.38. The summed E-state index contributed by atoms with van der Waals surface area (Å²) in [6, 6.07) is 7.35. The van der Waals surface area contributed by atoms with E-state index in [0.29, 0.717) is 24.2 Å². The van der Waals surface area contributed by atoms with Crippen molar-refractivity contribution in [1.29, 1.82) is 0 Å². The van der Waals surface area contributed by atoms with Crippen molar-refractivity contribution in [1.82, 2.24) is 5.32 Å². The first-order chi connectivity index (χ1) is 8.79. The quantitative estimate of drug-likeness (QED) is 0.750. The highest BCUT2D eigenvalue weighted by Crippen LogP contribution is 2.29. The Morgan fingerprint density at radius 3 is 2.67 bits per heavy atom. The largest absolute Gasteiger partial charge is 0.508 e. The SMILES string of the molecule is OCC1CCCCC1CNCc1cccc(O)c1. The fourth-order valence-electron chi connectivity index (χ4n) is 2.86. The molecule has 0 amide bonds. The van der Waals surface area contributed by atoms with Gasteiger partial charge in [0.25, 0.3) is 0 Å². The second-order valence-corrected chi connectivity index (χ2v) is 5.29. The number of benzene rings is 1. The van der Waals surface area contributed by atoms with Crippen LogP contribution in [-0.4, -0.2) is 23.4 Å². The molecule has 3 N–H and O–H groups in total. The van der Waals surface area contributed by atoms with E-state index in [0.717, 1.165) is 25.1 Å². The molecule has 0 aromatic heterocycles. The molecule has 1 saturated carbocycles. The molecule has 0 bridgehead atoms. The first kappa shape index (κ1) is 13.4. The molecule has 1 aliphatic carbocycles. The molecule has 1 aromatic rings. The van der Waals surface area contributed by atoms with Crippen LogP contribution in [0.15, 0.2) is 24.3 Å². The van der Waals surface area contributed by atoms with Crippen LogP contribution >= 0.6 is 0 Å². The summed E-state index contributed by atoms with van der Waals surface area (Å²) in [6.07, 6.45) is 4.93. The van der Waals surface area contributed by atoms with Gasteiger partial charge in [-0.1, -0.05) is 25.0 Å². The van der Waals surface area contributed by atoms with Gasteiger partial charge in [-0.15, -0.1) is 0 Å². The molecule has 0 spiro atoms. The van der Waals surface area contributed by atoms with Gasteiger partial charge in [0, 0.05) is 13.2 Å². The van der Waals surface area contributed by atoms with Gasteiger partial charge in [0.05, 0.1) is 0 Å². The van der Waals surface area contributed by atoms with E-state index in [2.05, 4.69) is 5.32 Å². The highest BCUT2D eigenvalue weighted by molar-refractivity contribution is 5.26. The van der Waals surface area contributed by atoms with E-state index in [4.69, 9.17) is 0 Å². The zero-order chi connectivity index (χ0) is 12.8. The van der Waals surface area contributed by atoms with Gasteiger partial charge in [-0.2, -0.15) is 0 Å². The lowest BCUT2D eigenvalue weighted by molar-refractivity contribution is 0.133. The smallest absolute Gasteiger partial charge is 0.115 e. The molecule has 0 radical (unpaired) electrons. The van der Waals surface area contributed by atoms with Crippen LogP contribution in [0.2, 0.25) is 0 Å². The summed E-state index contributed by atoms with van der Waals surface area (Å²) in [4.78, 5) is 0. The molecule has 2 rings (SSSR count). The summed E-state index contributed by atoms with van der Waals surface area (Å²) >= 11 is 0. The Hall–Kier alpha value is -1.06. The van der Waals surface area contributed by atoms with Crippen LogP contribution in [0.25, 0.3) is 0 Å². The predicted molar refractivity (Wildman–Crippen MR) is 72.3 cm³/mol. The number of nitrogens with one attached hydrogen (secondary N) is 1. The molecule has 3 heteroatoms. The van der Waals surface area contributed by atoms with E-state index in [9.17, 15) is 10.2 Å². The molecule has 1 fully saturated rings. The van der Waals surface area contributed by atoms with Crippen molar-refractivity contribution in [2.45, 2.75) is 32.2 Å². The Labute approximate surface area is 109 Å². The van der Waals surface area contributed by atoms with Gasteiger partial charge in [-0.25, -0.2) is 0 Å². The highest BCUT2D eigenvalue weighted by Gasteiger charge is 2.23. The predicted octanol–water partition coefficient (Wildman–Crippen LogP) is 2.28. The fraction of sp³-hybridized carbons (Fsp3) is 0.600. The lowest BCUT2D eigenvalue weighted by atomic mass is 9.79. The number of hydrogen-bond donors (Lipinski definition) is 3. The average molecular weight is 249 g/mol. The molecule has 1 aromatic carbocycles. The summed E-state index contributed by atoms with van der Waals surface area (Å²) < 4.78 is 0. The molecule has 18 heavy (non-hydrogen) atoms. The van der Waals surface area contributed by atoms with E-state index in [-0.39, 0.29) is 0 Å². The van der Waals surface area contributed by atoms with E-state index >= 15 is 0 Å². The lowest BCUT2D eigenvalue weighted by Crippen LogP contribution is -2.32. The van der Waals surface area contributed by atoms with E-state index in [1.54, 1.807) is 12.1 Å². The highest BCUT2D eigenvalue weighted by atomic mass is 16.3. The molecule has 2 unspecified atom stereocenters. The fourth-order valence-corrected chi connectivity index (χ4v) is 2.86. The molecule has 100 valence electrons. The van der Waals surface area contributed by atoms with Crippen molar-refractivity contribution >= 4 is 0 Å². The molecule has 1 aliphatic rings. The number of phenolic OH excluding ortho intramolecular Hbond substituents is 1. The third-order valence-electron chi connectivity index (χ3n) is 3.95. The maximum Gasteiger partial charge on any atom is 0.115 e. The summed E-state index contributed by atoms with van der Waals surface area (Å²) in [5, 5.41) is 22.2. The Kier molecular flexibility index (Phi) is 5.02. The first-order valence-corrected chi connectivity index (χ1v) is 6.89. The number of phenols is 1. The van der Waals surface area contributed by atoms with Crippen molar-refractivity contribution in [3.8, 4) is 5.75 Å².